The van der Waals surface area contributed by atoms with Crippen LogP contribution in [0.4, 0.5) is 0 Å². The summed E-state index contributed by atoms with van der Waals surface area (Å²) in [7, 11) is -1.24. The lowest BCUT2D eigenvalue weighted by Crippen LogP contribution is -2.47. The third-order valence-corrected chi connectivity index (χ3v) is 9.40. The van der Waals surface area contributed by atoms with Crippen molar-refractivity contribution in [1.82, 2.24) is 0 Å². The SMILES string of the molecule is CCCC[C@H]1CC[Si@](C)(c2ccc(C#N)cc2)CC1. The van der Waals surface area contributed by atoms with Crippen LogP contribution in [-0.2, 0) is 0 Å². The van der Waals surface area contributed by atoms with Crippen molar-refractivity contribution >= 4 is 13.3 Å². The summed E-state index contributed by atoms with van der Waals surface area (Å²) in [5.74, 6) is 0.985. The predicted molar refractivity (Wildman–Crippen MR) is 84.3 cm³/mol. The Morgan fingerprint density at radius 3 is 2.37 bits per heavy atom. The number of nitriles is 1. The summed E-state index contributed by atoms with van der Waals surface area (Å²) in [6.45, 7) is 4.82. The quantitative estimate of drug-likeness (QED) is 0.742. The average Bonchev–Trinajstić information content (AvgIpc) is 2.47. The molecule has 0 N–H and O–H groups in total. The predicted octanol–water partition coefficient (Wildman–Crippen LogP) is 4.44. The summed E-state index contributed by atoms with van der Waals surface area (Å²) in [4.78, 5) is 0. The van der Waals surface area contributed by atoms with Crippen molar-refractivity contribution in [3.63, 3.8) is 0 Å². The molecule has 0 atom stereocenters. The molecule has 0 spiro atoms. The molecule has 0 bridgehead atoms. The zero-order valence-electron chi connectivity index (χ0n) is 12.3. The molecule has 0 aliphatic carbocycles. The Hall–Kier alpha value is -1.07. The second kappa shape index (κ2) is 6.39. The van der Waals surface area contributed by atoms with Crippen molar-refractivity contribution < 1.29 is 0 Å². The molecule has 2 heteroatoms. The highest BCUT2D eigenvalue weighted by atomic mass is 28.3. The molecular weight excluding hydrogens is 246 g/mol. The van der Waals surface area contributed by atoms with E-state index in [1.807, 2.05) is 12.1 Å². The summed E-state index contributed by atoms with van der Waals surface area (Å²) in [6, 6.07) is 13.5. The fourth-order valence-corrected chi connectivity index (χ4v) is 7.22. The monoisotopic (exact) mass is 271 g/mol. The molecule has 2 rings (SSSR count). The standard InChI is InChI=1S/C17H25NSi/c1-3-4-5-15-10-12-19(2,13-11-15)17-8-6-16(14-18)7-9-17/h6-9,15H,3-5,10-13H2,1-2H3/t15-,19-. The van der Waals surface area contributed by atoms with Crippen LogP contribution in [0.5, 0.6) is 0 Å². The number of hydrogen-bond donors (Lipinski definition) is 0. The van der Waals surface area contributed by atoms with Crippen LogP contribution in [0.1, 0.15) is 44.6 Å². The summed E-state index contributed by atoms with van der Waals surface area (Å²) in [5.41, 5.74) is 0.790. The van der Waals surface area contributed by atoms with Crippen LogP contribution in [0, 0.1) is 17.2 Å². The molecule has 102 valence electrons. The van der Waals surface area contributed by atoms with E-state index in [0.29, 0.717) is 0 Å². The molecule has 1 aromatic carbocycles. The van der Waals surface area contributed by atoms with Crippen LogP contribution >= 0.6 is 0 Å². The molecular formula is C17H25NSi. The maximum absolute atomic E-state index is 8.88. The second-order valence-electron chi connectivity index (χ2n) is 6.34. The van der Waals surface area contributed by atoms with Gasteiger partial charge in [-0.2, -0.15) is 5.26 Å². The highest BCUT2D eigenvalue weighted by Crippen LogP contribution is 2.34. The zero-order chi connectivity index (χ0) is 13.7. The van der Waals surface area contributed by atoms with E-state index in [4.69, 9.17) is 5.26 Å². The Morgan fingerprint density at radius 2 is 1.84 bits per heavy atom. The first kappa shape index (κ1) is 14.3. The van der Waals surface area contributed by atoms with Gasteiger partial charge in [0.2, 0.25) is 0 Å². The lowest BCUT2D eigenvalue weighted by Gasteiger charge is -2.36. The summed E-state index contributed by atoms with van der Waals surface area (Å²) in [6.07, 6.45) is 7.04. The largest absolute Gasteiger partial charge is 0.192 e. The van der Waals surface area contributed by atoms with Gasteiger partial charge < -0.3 is 0 Å². The van der Waals surface area contributed by atoms with Gasteiger partial charge >= 0.3 is 0 Å². The smallest absolute Gasteiger partial charge is 0.0991 e. The van der Waals surface area contributed by atoms with E-state index in [-0.39, 0.29) is 0 Å². The first-order valence-electron chi connectivity index (χ1n) is 7.68. The fourth-order valence-electron chi connectivity index (χ4n) is 3.33. The van der Waals surface area contributed by atoms with Crippen molar-refractivity contribution in [2.24, 2.45) is 5.92 Å². The molecule has 1 nitrogen and oxygen atoms in total. The lowest BCUT2D eigenvalue weighted by molar-refractivity contribution is 0.420. The summed E-state index contributed by atoms with van der Waals surface area (Å²) < 4.78 is 0. The molecule has 1 heterocycles. The molecule has 0 aromatic heterocycles. The molecule has 0 amide bonds. The van der Waals surface area contributed by atoms with Crippen LogP contribution in [0.2, 0.25) is 18.6 Å². The van der Waals surface area contributed by atoms with Crippen LogP contribution in [0.25, 0.3) is 0 Å². The molecule has 1 fully saturated rings. The van der Waals surface area contributed by atoms with Gasteiger partial charge in [-0.1, -0.05) is 75.0 Å². The Balaban J connectivity index is 1.99. The van der Waals surface area contributed by atoms with Gasteiger partial charge in [0.15, 0.2) is 0 Å². The van der Waals surface area contributed by atoms with E-state index in [2.05, 4.69) is 31.7 Å². The number of rotatable bonds is 4. The maximum Gasteiger partial charge on any atom is 0.0991 e. The highest BCUT2D eigenvalue weighted by Gasteiger charge is 2.34. The van der Waals surface area contributed by atoms with Gasteiger partial charge in [-0.25, -0.2) is 0 Å². The van der Waals surface area contributed by atoms with E-state index < -0.39 is 8.07 Å². The second-order valence-corrected chi connectivity index (χ2v) is 11.0. The Bertz CT molecular complexity index is 435. The Kier molecular flexibility index (Phi) is 4.82. The molecule has 1 aromatic rings. The minimum Gasteiger partial charge on any atom is -0.192 e. The molecule has 0 radical (unpaired) electrons. The number of benzene rings is 1. The molecule has 0 saturated carbocycles. The van der Waals surface area contributed by atoms with Crippen molar-refractivity contribution in [1.29, 1.82) is 5.26 Å². The van der Waals surface area contributed by atoms with Crippen LogP contribution in [-0.4, -0.2) is 8.07 Å². The van der Waals surface area contributed by atoms with Gasteiger partial charge in [0.25, 0.3) is 0 Å². The van der Waals surface area contributed by atoms with E-state index in [1.165, 1.54) is 44.2 Å². The maximum atomic E-state index is 8.88. The summed E-state index contributed by atoms with van der Waals surface area (Å²) in [5, 5.41) is 10.4. The fraction of sp³-hybridized carbons (Fsp3) is 0.588. The van der Waals surface area contributed by atoms with Gasteiger partial charge in [0, 0.05) is 0 Å². The Labute approximate surface area is 118 Å². The van der Waals surface area contributed by atoms with Gasteiger partial charge in [0.1, 0.15) is 0 Å². The lowest BCUT2D eigenvalue weighted by atomic mass is 9.96. The third-order valence-electron chi connectivity index (χ3n) is 4.89. The third kappa shape index (κ3) is 3.48. The number of unbranched alkanes of at least 4 members (excludes halogenated alkanes) is 1. The highest BCUT2D eigenvalue weighted by molar-refractivity contribution is 6.91. The average molecular weight is 271 g/mol. The van der Waals surface area contributed by atoms with Crippen molar-refractivity contribution in [3.8, 4) is 6.07 Å². The van der Waals surface area contributed by atoms with E-state index in [0.717, 1.165) is 11.5 Å². The number of nitrogens with zero attached hydrogens (tertiary/aromatic N) is 1. The molecule has 0 unspecified atom stereocenters. The zero-order valence-corrected chi connectivity index (χ0v) is 13.3. The molecule has 1 saturated heterocycles. The van der Waals surface area contributed by atoms with Crippen molar-refractivity contribution in [2.45, 2.75) is 57.7 Å². The van der Waals surface area contributed by atoms with Gasteiger partial charge in [0.05, 0.1) is 19.7 Å². The van der Waals surface area contributed by atoms with Crippen LogP contribution in [0.15, 0.2) is 24.3 Å². The molecule has 1 aliphatic rings. The minimum absolute atomic E-state index is 0.790. The van der Waals surface area contributed by atoms with E-state index >= 15 is 0 Å². The van der Waals surface area contributed by atoms with Gasteiger partial charge in [-0.15, -0.1) is 0 Å². The van der Waals surface area contributed by atoms with E-state index in [9.17, 15) is 0 Å². The Morgan fingerprint density at radius 1 is 1.21 bits per heavy atom. The minimum atomic E-state index is -1.24. The molecule has 1 aliphatic heterocycles. The van der Waals surface area contributed by atoms with Crippen LogP contribution in [0.3, 0.4) is 0 Å². The van der Waals surface area contributed by atoms with E-state index in [1.54, 1.807) is 5.19 Å². The van der Waals surface area contributed by atoms with Crippen molar-refractivity contribution in [2.75, 3.05) is 0 Å². The molecule has 19 heavy (non-hydrogen) atoms. The van der Waals surface area contributed by atoms with Gasteiger partial charge in [-0.3, -0.25) is 0 Å². The summed E-state index contributed by atoms with van der Waals surface area (Å²) >= 11 is 0. The first-order chi connectivity index (χ1) is 9.18. The van der Waals surface area contributed by atoms with Crippen molar-refractivity contribution in [3.05, 3.63) is 29.8 Å². The topological polar surface area (TPSA) is 23.8 Å². The van der Waals surface area contributed by atoms with Gasteiger partial charge in [-0.05, 0) is 18.1 Å². The first-order valence-corrected chi connectivity index (χ1v) is 10.6. The number of hydrogen-bond acceptors (Lipinski definition) is 1. The normalized spacial score (nSPS) is 26.9. The van der Waals surface area contributed by atoms with Crippen LogP contribution < -0.4 is 5.19 Å².